The first-order valence-electron chi connectivity index (χ1n) is 3.62. The zero-order valence-corrected chi connectivity index (χ0v) is 8.77. The van der Waals surface area contributed by atoms with Gasteiger partial charge in [-0.2, -0.15) is 0 Å². The molecule has 0 atom stereocenters. The molecule has 0 aliphatic carbocycles. The molecule has 0 unspecified atom stereocenters. The first-order chi connectivity index (χ1) is 6.13. The highest BCUT2D eigenvalue weighted by Gasteiger charge is 2.04. The van der Waals surface area contributed by atoms with Crippen molar-refractivity contribution < 1.29 is 0 Å². The number of thiophene rings is 1. The van der Waals surface area contributed by atoms with Crippen molar-refractivity contribution in [2.75, 3.05) is 7.05 Å². The summed E-state index contributed by atoms with van der Waals surface area (Å²) in [5.41, 5.74) is 5.49. The van der Waals surface area contributed by atoms with Gasteiger partial charge in [0.25, 0.3) is 0 Å². The van der Waals surface area contributed by atoms with E-state index < -0.39 is 0 Å². The van der Waals surface area contributed by atoms with E-state index in [1.54, 1.807) is 4.90 Å². The van der Waals surface area contributed by atoms with Crippen LogP contribution in [0.4, 0.5) is 0 Å². The smallest absolute Gasteiger partial charge is 0.213 e. The van der Waals surface area contributed by atoms with Crippen LogP contribution in [0, 0.1) is 0 Å². The van der Waals surface area contributed by atoms with Crippen molar-refractivity contribution in [1.82, 2.24) is 4.90 Å². The van der Waals surface area contributed by atoms with Crippen LogP contribution in [-0.4, -0.2) is 17.9 Å². The maximum absolute atomic E-state index is 5.77. The Labute approximate surface area is 85.8 Å². The van der Waals surface area contributed by atoms with Gasteiger partial charge in [0.2, 0.25) is 5.96 Å². The molecule has 4 N–H and O–H groups in total. The van der Waals surface area contributed by atoms with Crippen LogP contribution in [0.2, 0.25) is 4.34 Å². The number of rotatable bonds is 2. The molecule has 0 spiro atoms. The molecule has 4 nitrogen and oxygen atoms in total. The van der Waals surface area contributed by atoms with Gasteiger partial charge in [-0.3, -0.25) is 0 Å². The van der Waals surface area contributed by atoms with E-state index in [0.29, 0.717) is 12.5 Å². The fourth-order valence-corrected chi connectivity index (χ4v) is 1.99. The summed E-state index contributed by atoms with van der Waals surface area (Å²) in [6.45, 7) is 0.671. The predicted molar refractivity (Wildman–Crippen MR) is 56.6 cm³/mol. The normalized spacial score (nSPS) is 11.7. The monoisotopic (exact) mass is 218 g/mol. The third kappa shape index (κ3) is 2.78. The highest BCUT2D eigenvalue weighted by Crippen LogP contribution is 2.22. The minimum Gasteiger partial charge on any atom is -0.368 e. The lowest BCUT2D eigenvalue weighted by Crippen LogP contribution is -2.34. The quantitative estimate of drug-likeness (QED) is 0.337. The minimum atomic E-state index is 0.310. The zero-order valence-electron chi connectivity index (χ0n) is 7.20. The average Bonchev–Trinajstić information content (AvgIpc) is 2.49. The second kappa shape index (κ2) is 4.34. The first kappa shape index (κ1) is 10.1. The Morgan fingerprint density at radius 2 is 2.38 bits per heavy atom. The molecule has 13 heavy (non-hydrogen) atoms. The van der Waals surface area contributed by atoms with E-state index in [1.807, 2.05) is 19.2 Å². The Morgan fingerprint density at radius 3 is 2.85 bits per heavy atom. The van der Waals surface area contributed by atoms with Crippen LogP contribution in [0.3, 0.4) is 0 Å². The van der Waals surface area contributed by atoms with E-state index in [0.717, 1.165) is 9.21 Å². The second-order valence-electron chi connectivity index (χ2n) is 2.55. The largest absolute Gasteiger partial charge is 0.368 e. The molecule has 0 saturated carbocycles. The van der Waals surface area contributed by atoms with Gasteiger partial charge in [0.05, 0.1) is 10.9 Å². The van der Waals surface area contributed by atoms with Gasteiger partial charge in [0, 0.05) is 11.9 Å². The van der Waals surface area contributed by atoms with Crippen molar-refractivity contribution in [3.63, 3.8) is 0 Å². The molecular weight excluding hydrogens is 208 g/mol. The molecular formula is C7H11ClN4S. The highest BCUT2D eigenvalue weighted by molar-refractivity contribution is 7.16. The van der Waals surface area contributed by atoms with Gasteiger partial charge in [0.15, 0.2) is 0 Å². The topological polar surface area (TPSA) is 67.6 Å². The summed E-state index contributed by atoms with van der Waals surface area (Å²) < 4.78 is 0.770. The van der Waals surface area contributed by atoms with Crippen molar-refractivity contribution >= 4 is 28.9 Å². The summed E-state index contributed by atoms with van der Waals surface area (Å²) in [4.78, 5) is 2.88. The molecule has 1 aromatic rings. The van der Waals surface area contributed by atoms with Gasteiger partial charge in [0.1, 0.15) is 0 Å². The third-order valence-corrected chi connectivity index (χ3v) is 2.76. The lowest BCUT2D eigenvalue weighted by Gasteiger charge is -2.15. The van der Waals surface area contributed by atoms with E-state index in [1.165, 1.54) is 11.3 Å². The fourth-order valence-electron chi connectivity index (χ4n) is 0.850. The van der Waals surface area contributed by atoms with Crippen LogP contribution < -0.4 is 11.6 Å². The Kier molecular flexibility index (Phi) is 3.39. The van der Waals surface area contributed by atoms with Gasteiger partial charge in [-0.25, -0.2) is 0 Å². The van der Waals surface area contributed by atoms with Gasteiger partial charge in [-0.1, -0.05) is 11.6 Å². The molecule has 0 fully saturated rings. The summed E-state index contributed by atoms with van der Waals surface area (Å²) in [5.74, 6) is 5.34. The van der Waals surface area contributed by atoms with Gasteiger partial charge < -0.3 is 16.5 Å². The molecule has 0 radical (unpaired) electrons. The summed E-state index contributed by atoms with van der Waals surface area (Å²) in [5, 5.41) is 3.38. The number of hydrazone groups is 1. The van der Waals surface area contributed by atoms with Crippen LogP contribution >= 0.6 is 22.9 Å². The van der Waals surface area contributed by atoms with Crippen molar-refractivity contribution in [2.24, 2.45) is 16.7 Å². The molecule has 1 aromatic heterocycles. The van der Waals surface area contributed by atoms with Crippen molar-refractivity contribution in [3.8, 4) is 0 Å². The van der Waals surface area contributed by atoms with Crippen molar-refractivity contribution in [1.29, 1.82) is 0 Å². The van der Waals surface area contributed by atoms with Crippen LogP contribution in [0.25, 0.3) is 0 Å². The van der Waals surface area contributed by atoms with Crippen LogP contribution in [0.15, 0.2) is 17.2 Å². The van der Waals surface area contributed by atoms with Gasteiger partial charge in [-0.15, -0.1) is 16.4 Å². The lowest BCUT2D eigenvalue weighted by atomic mass is 10.4. The van der Waals surface area contributed by atoms with Crippen molar-refractivity contribution in [2.45, 2.75) is 6.54 Å². The number of halogens is 1. The molecule has 72 valence electrons. The third-order valence-electron chi connectivity index (χ3n) is 1.55. The minimum absolute atomic E-state index is 0.310. The summed E-state index contributed by atoms with van der Waals surface area (Å²) >= 11 is 7.29. The average molecular weight is 219 g/mol. The number of nitrogens with zero attached hydrogens (tertiary/aromatic N) is 2. The van der Waals surface area contributed by atoms with E-state index >= 15 is 0 Å². The summed E-state index contributed by atoms with van der Waals surface area (Å²) in [6, 6.07) is 3.80. The summed E-state index contributed by atoms with van der Waals surface area (Å²) in [6.07, 6.45) is 0. The number of nitrogens with two attached hydrogens (primary N) is 2. The number of guanidine groups is 1. The molecule has 6 heteroatoms. The Morgan fingerprint density at radius 1 is 1.69 bits per heavy atom. The maximum Gasteiger partial charge on any atom is 0.213 e. The Balaban J connectivity index is 2.59. The van der Waals surface area contributed by atoms with Gasteiger partial charge >= 0.3 is 0 Å². The Bertz CT molecular complexity index is 309. The molecule has 0 saturated heterocycles. The van der Waals surface area contributed by atoms with E-state index in [4.69, 9.17) is 23.2 Å². The number of hydrogen-bond acceptors (Lipinski definition) is 3. The highest BCUT2D eigenvalue weighted by atomic mass is 35.5. The lowest BCUT2D eigenvalue weighted by molar-refractivity contribution is 0.497. The molecule has 0 amide bonds. The van der Waals surface area contributed by atoms with E-state index in [9.17, 15) is 0 Å². The Hall–Kier alpha value is -0.940. The SMILES string of the molecule is CN(Cc1ccc(Cl)s1)C(N)=NN. The zero-order chi connectivity index (χ0) is 9.84. The first-order valence-corrected chi connectivity index (χ1v) is 4.81. The van der Waals surface area contributed by atoms with E-state index in [-0.39, 0.29) is 0 Å². The summed E-state index contributed by atoms with van der Waals surface area (Å²) in [7, 11) is 1.82. The molecule has 0 aliphatic rings. The number of hydrogen-bond donors (Lipinski definition) is 2. The molecule has 0 bridgehead atoms. The maximum atomic E-state index is 5.77. The van der Waals surface area contributed by atoms with E-state index in [2.05, 4.69) is 5.10 Å². The fraction of sp³-hybridized carbons (Fsp3) is 0.286. The van der Waals surface area contributed by atoms with Crippen LogP contribution in [-0.2, 0) is 6.54 Å². The molecule has 0 aliphatic heterocycles. The van der Waals surface area contributed by atoms with Crippen molar-refractivity contribution in [3.05, 3.63) is 21.3 Å². The molecule has 1 heterocycles. The van der Waals surface area contributed by atoms with Crippen LogP contribution in [0.1, 0.15) is 4.88 Å². The predicted octanol–water partition coefficient (Wildman–Crippen LogP) is 1.02. The molecule has 1 rings (SSSR count). The molecule has 0 aromatic carbocycles. The van der Waals surface area contributed by atoms with Crippen LogP contribution in [0.5, 0.6) is 0 Å². The standard InChI is InChI=1S/C7H11ClN4S/c1-12(7(9)11-10)4-5-2-3-6(8)13-5/h2-3H,4,10H2,1H3,(H2,9,11). The van der Waals surface area contributed by atoms with Gasteiger partial charge in [-0.05, 0) is 12.1 Å². The second-order valence-corrected chi connectivity index (χ2v) is 4.35.